The molecule has 0 spiro atoms. The molecule has 1 saturated carbocycles. The van der Waals surface area contributed by atoms with Gasteiger partial charge in [-0.15, -0.1) is 0 Å². The second-order valence-corrected chi connectivity index (χ2v) is 5.70. The predicted octanol–water partition coefficient (Wildman–Crippen LogP) is 2.04. The van der Waals surface area contributed by atoms with Crippen LogP contribution >= 0.6 is 0 Å². The lowest BCUT2D eigenvalue weighted by Gasteiger charge is -2.43. The van der Waals surface area contributed by atoms with Crippen molar-refractivity contribution in [2.75, 3.05) is 20.2 Å². The molecule has 2 rings (SSSR count). The Morgan fingerprint density at radius 2 is 2.12 bits per heavy atom. The number of hydrogen-bond donors (Lipinski definition) is 1. The monoisotopic (exact) mass is 241 g/mol. The van der Waals surface area contributed by atoms with Gasteiger partial charge in [-0.1, -0.05) is 6.92 Å². The molecule has 0 aromatic heterocycles. The van der Waals surface area contributed by atoms with Crippen molar-refractivity contribution in [1.82, 2.24) is 4.90 Å². The molecule has 1 N–H and O–H groups in total. The molecule has 1 aliphatic heterocycles. The minimum Gasteiger partial charge on any atom is -0.393 e. The van der Waals surface area contributed by atoms with E-state index in [1.54, 1.807) is 0 Å². The molecule has 1 aliphatic carbocycles. The van der Waals surface area contributed by atoms with Crippen molar-refractivity contribution in [2.45, 2.75) is 63.7 Å². The molecule has 17 heavy (non-hydrogen) atoms. The van der Waals surface area contributed by atoms with Crippen LogP contribution in [0.4, 0.5) is 0 Å². The van der Waals surface area contributed by atoms with E-state index in [1.807, 2.05) is 7.11 Å². The van der Waals surface area contributed by atoms with Gasteiger partial charge in [0.25, 0.3) is 0 Å². The van der Waals surface area contributed by atoms with E-state index in [0.717, 1.165) is 25.9 Å². The minimum absolute atomic E-state index is 0.0712. The molecule has 3 nitrogen and oxygen atoms in total. The number of hydrogen-bond acceptors (Lipinski definition) is 3. The van der Waals surface area contributed by atoms with Gasteiger partial charge >= 0.3 is 0 Å². The zero-order valence-electron chi connectivity index (χ0n) is 11.3. The summed E-state index contributed by atoms with van der Waals surface area (Å²) in [6.45, 7) is 4.34. The Labute approximate surface area is 105 Å². The summed E-state index contributed by atoms with van der Waals surface area (Å²) in [6.07, 6.45) is 7.44. The van der Waals surface area contributed by atoms with Gasteiger partial charge in [0.1, 0.15) is 0 Å². The third kappa shape index (κ3) is 3.21. The number of aliphatic hydroxyl groups is 1. The molecule has 0 amide bonds. The highest BCUT2D eigenvalue weighted by Gasteiger charge is 2.32. The van der Waals surface area contributed by atoms with E-state index >= 15 is 0 Å². The molecule has 0 bridgehead atoms. The summed E-state index contributed by atoms with van der Waals surface area (Å²) < 4.78 is 5.51. The minimum atomic E-state index is -0.0712. The molecule has 4 unspecified atom stereocenters. The van der Waals surface area contributed by atoms with Crippen molar-refractivity contribution in [3.63, 3.8) is 0 Å². The average molecular weight is 241 g/mol. The molecule has 4 atom stereocenters. The van der Waals surface area contributed by atoms with E-state index in [9.17, 15) is 5.11 Å². The van der Waals surface area contributed by atoms with Crippen molar-refractivity contribution < 1.29 is 9.84 Å². The quantitative estimate of drug-likeness (QED) is 0.820. The Bertz CT molecular complexity index is 234. The molecule has 0 aromatic carbocycles. The molecule has 0 aromatic rings. The number of piperidine rings is 1. The van der Waals surface area contributed by atoms with Crippen molar-refractivity contribution in [3.05, 3.63) is 0 Å². The van der Waals surface area contributed by atoms with Gasteiger partial charge in [-0.25, -0.2) is 0 Å². The summed E-state index contributed by atoms with van der Waals surface area (Å²) in [6, 6.07) is 0.690. The van der Waals surface area contributed by atoms with Gasteiger partial charge in [-0.05, 0) is 44.4 Å². The first kappa shape index (κ1) is 13.3. The lowest BCUT2D eigenvalue weighted by Crippen LogP contribution is -2.49. The third-order valence-corrected chi connectivity index (χ3v) is 4.70. The van der Waals surface area contributed by atoms with Gasteiger partial charge in [-0.2, -0.15) is 0 Å². The zero-order chi connectivity index (χ0) is 12.3. The number of nitrogens with zero attached hydrogens (tertiary/aromatic N) is 1. The zero-order valence-corrected chi connectivity index (χ0v) is 11.3. The van der Waals surface area contributed by atoms with Crippen molar-refractivity contribution in [1.29, 1.82) is 0 Å². The maximum atomic E-state index is 9.93. The molecule has 2 aliphatic rings. The summed E-state index contributed by atoms with van der Waals surface area (Å²) in [5, 5.41) is 9.93. The van der Waals surface area contributed by atoms with E-state index in [1.165, 1.54) is 25.7 Å². The Morgan fingerprint density at radius 1 is 1.29 bits per heavy atom. The molecule has 1 saturated heterocycles. The van der Waals surface area contributed by atoms with Gasteiger partial charge in [0.15, 0.2) is 0 Å². The molecular formula is C14H27NO2. The molecule has 100 valence electrons. The van der Waals surface area contributed by atoms with Gasteiger partial charge in [0, 0.05) is 26.2 Å². The number of methoxy groups -OCH3 is 1. The highest BCUT2D eigenvalue weighted by molar-refractivity contribution is 4.87. The van der Waals surface area contributed by atoms with Crippen LogP contribution in [0.15, 0.2) is 0 Å². The van der Waals surface area contributed by atoms with E-state index in [-0.39, 0.29) is 6.10 Å². The lowest BCUT2D eigenvalue weighted by atomic mass is 9.87. The number of aliphatic hydroxyl groups excluding tert-OH is 1. The van der Waals surface area contributed by atoms with Gasteiger partial charge in [0.05, 0.1) is 12.2 Å². The van der Waals surface area contributed by atoms with Crippen LogP contribution in [0.25, 0.3) is 0 Å². The standard InChI is InChI=1S/C14H27NO2/c1-3-11-10-15(8-7-14(11)16)12-5-4-6-13(9-12)17-2/h11-14,16H,3-10H2,1-2H3. The maximum absolute atomic E-state index is 9.93. The van der Waals surface area contributed by atoms with Gasteiger partial charge < -0.3 is 9.84 Å². The third-order valence-electron chi connectivity index (χ3n) is 4.70. The maximum Gasteiger partial charge on any atom is 0.0592 e. The van der Waals surface area contributed by atoms with Crippen molar-refractivity contribution in [2.24, 2.45) is 5.92 Å². The Kier molecular flexibility index (Phi) is 4.83. The summed E-state index contributed by atoms with van der Waals surface area (Å²) in [5.74, 6) is 0.478. The lowest BCUT2D eigenvalue weighted by molar-refractivity contribution is -0.0218. The molecule has 1 heterocycles. The normalized spacial score (nSPS) is 40.4. The second-order valence-electron chi connectivity index (χ2n) is 5.70. The van der Waals surface area contributed by atoms with Crippen LogP contribution in [0.3, 0.4) is 0 Å². The summed E-state index contributed by atoms with van der Waals surface area (Å²) >= 11 is 0. The predicted molar refractivity (Wildman–Crippen MR) is 69.0 cm³/mol. The first-order valence-electron chi connectivity index (χ1n) is 7.19. The van der Waals surface area contributed by atoms with Crippen molar-refractivity contribution >= 4 is 0 Å². The van der Waals surface area contributed by atoms with E-state index in [0.29, 0.717) is 18.1 Å². The highest BCUT2D eigenvalue weighted by Crippen LogP contribution is 2.29. The smallest absolute Gasteiger partial charge is 0.0592 e. The molecular weight excluding hydrogens is 214 g/mol. The fourth-order valence-corrected chi connectivity index (χ4v) is 3.45. The first-order chi connectivity index (χ1) is 8.24. The number of likely N-dealkylation sites (tertiary alicyclic amines) is 1. The SMILES string of the molecule is CCC1CN(C2CCCC(OC)C2)CCC1O. The summed E-state index contributed by atoms with van der Waals surface area (Å²) in [7, 11) is 1.84. The Morgan fingerprint density at radius 3 is 2.82 bits per heavy atom. The van der Waals surface area contributed by atoms with Crippen LogP contribution in [-0.4, -0.2) is 48.5 Å². The Balaban J connectivity index is 1.89. The van der Waals surface area contributed by atoms with E-state index in [2.05, 4.69) is 11.8 Å². The van der Waals surface area contributed by atoms with E-state index < -0.39 is 0 Å². The topological polar surface area (TPSA) is 32.7 Å². The van der Waals surface area contributed by atoms with Crippen LogP contribution in [0.1, 0.15) is 45.4 Å². The average Bonchev–Trinajstić information content (AvgIpc) is 2.39. The first-order valence-corrected chi connectivity index (χ1v) is 7.19. The summed E-state index contributed by atoms with van der Waals surface area (Å²) in [4.78, 5) is 2.60. The van der Waals surface area contributed by atoms with Crippen LogP contribution < -0.4 is 0 Å². The number of ether oxygens (including phenoxy) is 1. The highest BCUT2D eigenvalue weighted by atomic mass is 16.5. The van der Waals surface area contributed by atoms with Crippen LogP contribution in [0.2, 0.25) is 0 Å². The largest absolute Gasteiger partial charge is 0.393 e. The van der Waals surface area contributed by atoms with Gasteiger partial charge in [-0.3, -0.25) is 4.90 Å². The van der Waals surface area contributed by atoms with Crippen LogP contribution in [0.5, 0.6) is 0 Å². The van der Waals surface area contributed by atoms with Crippen LogP contribution in [0, 0.1) is 5.92 Å². The van der Waals surface area contributed by atoms with E-state index in [4.69, 9.17) is 4.74 Å². The fraction of sp³-hybridized carbons (Fsp3) is 1.00. The van der Waals surface area contributed by atoms with Crippen molar-refractivity contribution in [3.8, 4) is 0 Å². The molecule has 0 radical (unpaired) electrons. The summed E-state index contributed by atoms with van der Waals surface area (Å²) in [5.41, 5.74) is 0. The Hall–Kier alpha value is -0.120. The van der Waals surface area contributed by atoms with Crippen LogP contribution in [-0.2, 0) is 4.74 Å². The fourth-order valence-electron chi connectivity index (χ4n) is 3.45. The number of rotatable bonds is 3. The second kappa shape index (κ2) is 6.17. The van der Waals surface area contributed by atoms with Gasteiger partial charge in [0.2, 0.25) is 0 Å². The molecule has 2 fully saturated rings. The molecule has 3 heteroatoms.